The van der Waals surface area contributed by atoms with Crippen LogP contribution in [-0.2, 0) is 22.5 Å². The Morgan fingerprint density at radius 1 is 0.873 bits per heavy atom. The summed E-state index contributed by atoms with van der Waals surface area (Å²) in [6, 6.07) is 25.2. The molecule has 3 aromatic carbocycles. The number of ether oxygens (including phenoxy) is 5. The van der Waals surface area contributed by atoms with Crippen LogP contribution in [0, 0.1) is 5.92 Å². The molecule has 0 unspecified atom stereocenters. The van der Waals surface area contributed by atoms with Gasteiger partial charge in [-0.25, -0.2) is 14.6 Å². The number of amides is 1. The monoisotopic (exact) mass is 786 g/mol. The first kappa shape index (κ1) is 38.1. The number of nitrogens with one attached hydrogen (secondary N) is 2. The van der Waals surface area contributed by atoms with E-state index in [9.17, 15) is 9.59 Å². The molecule has 5 aromatic rings. The second kappa shape index (κ2) is 17.5. The second-order valence-corrected chi connectivity index (χ2v) is 14.4. The number of fused-ring (bicyclic) bond motifs is 3. The molecule has 3 atom stereocenters. The first-order valence-corrected chi connectivity index (χ1v) is 18.9. The lowest BCUT2D eigenvalue weighted by Crippen LogP contribution is -2.52. The molecule has 2 aromatic heterocycles. The van der Waals surface area contributed by atoms with Crippen molar-refractivity contribution in [2.24, 2.45) is 5.92 Å². The highest BCUT2D eigenvalue weighted by Crippen LogP contribution is 2.36. The van der Waals surface area contributed by atoms with Gasteiger partial charge in [0, 0.05) is 18.5 Å². The topological polar surface area (TPSA) is 123 Å². The zero-order valence-corrected chi connectivity index (χ0v) is 32.0. The van der Waals surface area contributed by atoms with E-state index in [1.54, 1.807) is 43.8 Å². The number of carbonyl (C=O) groups excluding carboxylic acids is 2. The number of piperidine rings is 3. The van der Waals surface area contributed by atoms with Gasteiger partial charge in [-0.05, 0) is 84.9 Å². The van der Waals surface area contributed by atoms with E-state index in [-0.39, 0.29) is 24.9 Å². The van der Waals surface area contributed by atoms with Crippen molar-refractivity contribution < 1.29 is 42.7 Å². The number of benzene rings is 3. The first-order valence-electron chi connectivity index (χ1n) is 18.1. The molecule has 3 fully saturated rings. The van der Waals surface area contributed by atoms with E-state index >= 15 is 0 Å². The van der Waals surface area contributed by atoms with Crippen LogP contribution in [0.25, 0.3) is 0 Å². The minimum Gasteiger partial charge on any atom is -0.493 e. The number of aromatic amines is 1. The normalized spacial score (nSPS) is 18.5. The van der Waals surface area contributed by atoms with E-state index in [1.807, 2.05) is 54.6 Å². The number of esters is 1. The van der Waals surface area contributed by atoms with Crippen molar-refractivity contribution in [2.75, 3.05) is 33.9 Å². The zero-order chi connectivity index (χ0) is 38.3. The molecule has 0 radical (unpaired) electrons. The van der Waals surface area contributed by atoms with E-state index < -0.39 is 24.2 Å². The molecule has 286 valence electrons. The number of carbonyl (C=O) groups is 2. The van der Waals surface area contributed by atoms with Crippen molar-refractivity contribution in [2.45, 2.75) is 44.1 Å². The van der Waals surface area contributed by atoms with Crippen LogP contribution in [0.1, 0.15) is 63.6 Å². The van der Waals surface area contributed by atoms with Crippen LogP contribution in [0.3, 0.4) is 0 Å². The number of alkyl carbamates (subject to hydrolysis) is 1. The molecule has 55 heavy (non-hydrogen) atoms. The van der Waals surface area contributed by atoms with Gasteiger partial charge in [0.15, 0.2) is 23.9 Å². The molecule has 3 aliphatic rings. The lowest BCUT2D eigenvalue weighted by Gasteiger charge is -2.43. The molecule has 1 amide bonds. The number of hydrogen-bond donors (Lipinski definition) is 1. The number of furan rings is 1. The van der Waals surface area contributed by atoms with Crippen molar-refractivity contribution in [1.29, 1.82) is 0 Å². The smallest absolute Gasteiger partial charge is 0.408 e. The van der Waals surface area contributed by atoms with Gasteiger partial charge in [0.1, 0.15) is 40.4 Å². The third-order valence-electron chi connectivity index (χ3n) is 10.1. The third kappa shape index (κ3) is 9.19. The highest BCUT2D eigenvalue weighted by molar-refractivity contribution is 6.35. The van der Waals surface area contributed by atoms with Crippen molar-refractivity contribution in [3.05, 3.63) is 141 Å². The molecule has 5 heterocycles. The van der Waals surface area contributed by atoms with Gasteiger partial charge < -0.3 is 33.4 Å². The Kier molecular flexibility index (Phi) is 12.1. The summed E-state index contributed by atoms with van der Waals surface area (Å²) in [6.07, 6.45) is 4.13. The van der Waals surface area contributed by atoms with E-state index in [2.05, 4.69) is 15.2 Å². The maximum absolute atomic E-state index is 13.5. The summed E-state index contributed by atoms with van der Waals surface area (Å²) < 4.78 is 34.9. The summed E-state index contributed by atoms with van der Waals surface area (Å²) in [5.74, 6) is 1.65. The van der Waals surface area contributed by atoms with Gasteiger partial charge >= 0.3 is 12.1 Å². The number of halogens is 2. The Labute approximate surface area is 329 Å². The molecule has 3 saturated heterocycles. The van der Waals surface area contributed by atoms with Gasteiger partial charge in [0.25, 0.3) is 0 Å². The summed E-state index contributed by atoms with van der Waals surface area (Å²) in [4.78, 5) is 32.0. The fourth-order valence-electron chi connectivity index (χ4n) is 7.17. The molecule has 0 spiro atoms. The predicted octanol–water partition coefficient (Wildman–Crippen LogP) is 8.05. The summed E-state index contributed by atoms with van der Waals surface area (Å²) in [5.41, 5.74) is 2.95. The molecular weight excluding hydrogens is 745 g/mol. The maximum Gasteiger partial charge on any atom is 0.408 e. The van der Waals surface area contributed by atoms with Gasteiger partial charge in [0.2, 0.25) is 5.76 Å². The number of aromatic nitrogens is 1. The maximum atomic E-state index is 13.5. The van der Waals surface area contributed by atoms with Crippen LogP contribution in [0.5, 0.6) is 17.2 Å². The molecule has 0 aliphatic carbocycles. The first-order chi connectivity index (χ1) is 26.8. The second-order valence-electron chi connectivity index (χ2n) is 13.5. The van der Waals surface area contributed by atoms with Gasteiger partial charge in [-0.2, -0.15) is 0 Å². The van der Waals surface area contributed by atoms with Crippen LogP contribution in [0.4, 0.5) is 4.79 Å². The molecule has 2 N–H and O–H groups in total. The highest BCUT2D eigenvalue weighted by atomic mass is 35.5. The van der Waals surface area contributed by atoms with Crippen LogP contribution in [0.2, 0.25) is 10.0 Å². The van der Waals surface area contributed by atoms with Crippen molar-refractivity contribution >= 4 is 35.3 Å². The Morgan fingerprint density at radius 2 is 1.62 bits per heavy atom. The lowest BCUT2D eigenvalue weighted by atomic mass is 9.86. The minimum atomic E-state index is -0.809. The van der Waals surface area contributed by atoms with Gasteiger partial charge in [0.05, 0.1) is 20.3 Å². The number of methoxy groups -OCH3 is 2. The number of pyridine rings is 1. The lowest BCUT2D eigenvalue weighted by molar-refractivity contribution is -0.377. The standard InChI is InChI=1S/C42H41Cl2N3O8/c1-50-35-13-11-28(20-38(35)51-2)37(21-32-33(43)22-45-23-34(32)44)54-41(48)36-14-12-31(53-36)25-52-30-10-6-9-29(19-30)40(27-7-4-3-5-8-27)46-42(49)55-39-24-47-17-15-26(39)16-18-47/h3-14,19-20,22-23,26,37,39-40H,15-18,21,24-25H2,1-2H3,(H,46,49)/p+1/t37-,39+,40+/m1/s1. The molecule has 11 nitrogen and oxygen atoms in total. The SMILES string of the molecule is COc1ccc([C@@H](Cc2c(Cl)c[nH+]cc2Cl)OC(=O)c2ccc(COc3cccc([C@@H](NC(=O)O[C@H]4CN5CCC4CC5)c4ccccc4)c3)o2)cc1OC. The number of rotatable bonds is 14. The number of nitrogens with zero attached hydrogens (tertiary/aromatic N) is 1. The van der Waals surface area contributed by atoms with Gasteiger partial charge in [-0.3, -0.25) is 4.90 Å². The molecule has 2 bridgehead atoms. The highest BCUT2D eigenvalue weighted by Gasteiger charge is 2.37. The van der Waals surface area contributed by atoms with Gasteiger partial charge in [-0.1, -0.05) is 71.7 Å². The molecule has 0 saturated carbocycles. The quantitative estimate of drug-likeness (QED) is 0.111. The summed E-state index contributed by atoms with van der Waals surface area (Å²) in [6.45, 7) is 2.94. The average molecular weight is 788 g/mol. The average Bonchev–Trinajstić information content (AvgIpc) is 3.70. The Balaban J connectivity index is 1.03. The fourth-order valence-corrected chi connectivity index (χ4v) is 7.70. The molecule has 3 aliphatic heterocycles. The van der Waals surface area contributed by atoms with Crippen LogP contribution < -0.4 is 24.5 Å². The molecular formula is C42H42Cl2N3O8+. The summed E-state index contributed by atoms with van der Waals surface area (Å²) in [7, 11) is 3.07. The van der Waals surface area contributed by atoms with Crippen molar-refractivity contribution in [1.82, 2.24) is 10.2 Å². The Hall–Kier alpha value is -5.23. The molecule has 13 heteroatoms. The third-order valence-corrected chi connectivity index (χ3v) is 10.8. The van der Waals surface area contributed by atoms with Crippen LogP contribution in [0.15, 0.2) is 102 Å². The Morgan fingerprint density at radius 3 is 2.33 bits per heavy atom. The summed E-state index contributed by atoms with van der Waals surface area (Å²) >= 11 is 13.0. The van der Waals surface area contributed by atoms with E-state index in [4.69, 9.17) is 51.3 Å². The fraction of sp³-hybridized carbons (Fsp3) is 0.310. The summed E-state index contributed by atoms with van der Waals surface area (Å²) in [5, 5.41) is 3.89. The number of H-pyrrole nitrogens is 1. The van der Waals surface area contributed by atoms with Crippen LogP contribution in [-0.4, -0.2) is 56.9 Å². The van der Waals surface area contributed by atoms with E-state index in [1.165, 1.54) is 13.2 Å². The van der Waals surface area contributed by atoms with Gasteiger partial charge in [-0.15, -0.1) is 0 Å². The molecule has 8 rings (SSSR count). The minimum absolute atomic E-state index is 0.00809. The predicted molar refractivity (Wildman–Crippen MR) is 205 cm³/mol. The van der Waals surface area contributed by atoms with E-state index in [0.717, 1.165) is 43.6 Å². The largest absolute Gasteiger partial charge is 0.493 e. The van der Waals surface area contributed by atoms with Crippen molar-refractivity contribution in [3.63, 3.8) is 0 Å². The Bertz CT molecular complexity index is 2080. The van der Waals surface area contributed by atoms with E-state index in [0.29, 0.717) is 50.1 Å². The van der Waals surface area contributed by atoms with Crippen LogP contribution >= 0.6 is 23.2 Å². The zero-order valence-electron chi connectivity index (χ0n) is 30.5. The van der Waals surface area contributed by atoms with Crippen molar-refractivity contribution in [3.8, 4) is 17.2 Å². The number of hydrogen-bond acceptors (Lipinski definition) is 9.